The molecule has 2 aromatic rings. The number of amides is 1. The van der Waals surface area contributed by atoms with E-state index >= 15 is 0 Å². The fourth-order valence-electron chi connectivity index (χ4n) is 2.02. The van der Waals surface area contributed by atoms with Gasteiger partial charge in [-0.3, -0.25) is 18.8 Å². The zero-order chi connectivity index (χ0) is 13.1. The Morgan fingerprint density at radius 2 is 1.89 bits per heavy atom. The maximum atomic E-state index is 12.2. The van der Waals surface area contributed by atoms with Crippen molar-refractivity contribution in [2.75, 3.05) is 7.11 Å². The van der Waals surface area contributed by atoms with Crippen LogP contribution in [0.2, 0.25) is 0 Å². The van der Waals surface area contributed by atoms with Crippen molar-refractivity contribution >= 4 is 16.9 Å². The average molecular weight is 249 g/mol. The second kappa shape index (κ2) is 5.05. The number of hydrogen-bond donors (Lipinski definition) is 1. The minimum Gasteiger partial charge on any atom is -0.292 e. The second-order valence-electron chi connectivity index (χ2n) is 3.83. The van der Waals surface area contributed by atoms with Crippen LogP contribution in [0.1, 0.15) is 6.92 Å². The summed E-state index contributed by atoms with van der Waals surface area (Å²) in [7, 11) is 1.36. The van der Waals surface area contributed by atoms with Crippen molar-refractivity contribution in [2.24, 2.45) is 0 Å². The molecular weight excluding hydrogens is 234 g/mol. The molecule has 0 spiro atoms. The first kappa shape index (κ1) is 12.4. The van der Waals surface area contributed by atoms with E-state index in [-0.39, 0.29) is 18.1 Å². The van der Waals surface area contributed by atoms with E-state index in [4.69, 9.17) is 0 Å². The molecule has 18 heavy (non-hydrogen) atoms. The predicted molar refractivity (Wildman–Crippen MR) is 67.0 cm³/mol. The van der Waals surface area contributed by atoms with E-state index in [1.807, 2.05) is 31.2 Å². The first-order valence-corrected chi connectivity index (χ1v) is 5.69. The van der Waals surface area contributed by atoms with Gasteiger partial charge in [-0.15, -0.1) is 0 Å². The number of nitrogens with zero attached hydrogens (tertiary/aromatic N) is 2. The number of carbonyl (C=O) groups is 1. The van der Waals surface area contributed by atoms with Crippen LogP contribution in [-0.2, 0) is 22.7 Å². The number of rotatable bonds is 4. The number of fused-ring (bicyclic) bond motifs is 1. The Morgan fingerprint density at radius 1 is 1.28 bits per heavy atom. The molecule has 96 valence electrons. The summed E-state index contributed by atoms with van der Waals surface area (Å²) in [5.74, 6) is -0.362. The lowest BCUT2D eigenvalue weighted by atomic mass is 10.3. The van der Waals surface area contributed by atoms with Gasteiger partial charge in [0.25, 0.3) is 5.91 Å². The number of aryl methyl sites for hydroxylation is 1. The Hall–Kier alpha value is -2.08. The third-order valence-corrected chi connectivity index (χ3v) is 2.76. The van der Waals surface area contributed by atoms with Crippen LogP contribution < -0.4 is 11.2 Å². The number of hydroxylamine groups is 1. The number of imidazole rings is 1. The van der Waals surface area contributed by atoms with Crippen LogP contribution in [0.25, 0.3) is 11.0 Å². The van der Waals surface area contributed by atoms with Crippen LogP contribution in [0.3, 0.4) is 0 Å². The van der Waals surface area contributed by atoms with Crippen LogP contribution >= 0.6 is 0 Å². The van der Waals surface area contributed by atoms with E-state index in [1.54, 1.807) is 4.57 Å². The number of benzene rings is 1. The molecule has 1 aromatic heterocycles. The van der Waals surface area contributed by atoms with Gasteiger partial charge in [0.15, 0.2) is 0 Å². The Bertz CT molecular complexity index is 627. The molecule has 1 N–H and O–H groups in total. The molecule has 0 radical (unpaired) electrons. The topological polar surface area (TPSA) is 65.3 Å². The van der Waals surface area contributed by atoms with E-state index in [1.165, 1.54) is 11.7 Å². The third-order valence-electron chi connectivity index (χ3n) is 2.76. The van der Waals surface area contributed by atoms with Gasteiger partial charge in [-0.1, -0.05) is 12.1 Å². The van der Waals surface area contributed by atoms with Crippen molar-refractivity contribution in [1.29, 1.82) is 0 Å². The van der Waals surface area contributed by atoms with Gasteiger partial charge in [0.2, 0.25) is 0 Å². The Kier molecular flexibility index (Phi) is 3.47. The molecule has 6 heteroatoms. The molecule has 0 aliphatic carbocycles. The van der Waals surface area contributed by atoms with Crippen LogP contribution in [-0.4, -0.2) is 22.2 Å². The van der Waals surface area contributed by atoms with Gasteiger partial charge < -0.3 is 0 Å². The van der Waals surface area contributed by atoms with Gasteiger partial charge in [0.05, 0.1) is 18.1 Å². The molecule has 0 aliphatic rings. The van der Waals surface area contributed by atoms with Crippen molar-refractivity contribution < 1.29 is 9.63 Å². The molecular formula is C12H15N3O3. The normalized spacial score (nSPS) is 10.8. The first-order chi connectivity index (χ1) is 8.69. The molecule has 0 fully saturated rings. The lowest BCUT2D eigenvalue weighted by molar-refractivity contribution is -0.131. The maximum Gasteiger partial charge on any atom is 0.329 e. The van der Waals surface area contributed by atoms with E-state index in [9.17, 15) is 9.59 Å². The number of para-hydroxylation sites is 2. The van der Waals surface area contributed by atoms with Gasteiger partial charge in [-0.2, -0.15) is 0 Å². The van der Waals surface area contributed by atoms with E-state index < -0.39 is 0 Å². The summed E-state index contributed by atoms with van der Waals surface area (Å²) in [5.41, 5.74) is 3.59. The zero-order valence-corrected chi connectivity index (χ0v) is 10.3. The molecule has 0 bridgehead atoms. The first-order valence-electron chi connectivity index (χ1n) is 5.69. The highest BCUT2D eigenvalue weighted by molar-refractivity contribution is 5.80. The lowest BCUT2D eigenvalue weighted by Gasteiger charge is -2.03. The molecule has 2 rings (SSSR count). The summed E-state index contributed by atoms with van der Waals surface area (Å²) in [6.07, 6.45) is 0. The summed E-state index contributed by atoms with van der Waals surface area (Å²) < 4.78 is 3.07. The minimum atomic E-state index is -0.362. The summed E-state index contributed by atoms with van der Waals surface area (Å²) in [6, 6.07) is 7.40. The fraction of sp³-hybridized carbons (Fsp3) is 0.333. The van der Waals surface area contributed by atoms with E-state index in [0.717, 1.165) is 11.0 Å². The summed E-state index contributed by atoms with van der Waals surface area (Å²) in [4.78, 5) is 28.2. The van der Waals surface area contributed by atoms with Crippen molar-refractivity contribution in [3.8, 4) is 0 Å². The number of carbonyl (C=O) groups excluding carboxylic acids is 1. The molecule has 1 aromatic carbocycles. The molecule has 0 atom stereocenters. The smallest absolute Gasteiger partial charge is 0.292 e. The molecule has 1 amide bonds. The number of aromatic nitrogens is 2. The average Bonchev–Trinajstić information content (AvgIpc) is 2.63. The Morgan fingerprint density at radius 3 is 2.44 bits per heavy atom. The number of nitrogens with one attached hydrogen (secondary N) is 1. The Balaban J connectivity index is 2.53. The molecule has 0 saturated carbocycles. The van der Waals surface area contributed by atoms with Crippen LogP contribution in [0, 0.1) is 0 Å². The van der Waals surface area contributed by atoms with Gasteiger partial charge >= 0.3 is 5.69 Å². The van der Waals surface area contributed by atoms with Gasteiger partial charge in [-0.05, 0) is 19.1 Å². The van der Waals surface area contributed by atoms with E-state index in [0.29, 0.717) is 6.54 Å². The van der Waals surface area contributed by atoms with Crippen molar-refractivity contribution in [2.45, 2.75) is 20.0 Å². The fourth-order valence-corrected chi connectivity index (χ4v) is 2.02. The quantitative estimate of drug-likeness (QED) is 0.802. The van der Waals surface area contributed by atoms with Crippen LogP contribution in [0.15, 0.2) is 29.1 Å². The standard InChI is InChI=1S/C12H15N3O3/c1-3-14-9-6-4-5-7-10(9)15(12(14)17)8-11(16)13-18-2/h4-7H,3,8H2,1-2H3,(H,13,16). The predicted octanol–water partition coefficient (Wildman–Crippen LogP) is 0.501. The largest absolute Gasteiger partial charge is 0.329 e. The monoisotopic (exact) mass is 249 g/mol. The highest BCUT2D eigenvalue weighted by atomic mass is 16.6. The SMILES string of the molecule is CCn1c(=O)n(CC(=O)NOC)c2ccccc21. The van der Waals surface area contributed by atoms with Gasteiger partial charge in [0, 0.05) is 6.54 Å². The third kappa shape index (κ3) is 2.02. The zero-order valence-electron chi connectivity index (χ0n) is 10.3. The van der Waals surface area contributed by atoms with Crippen molar-refractivity contribution in [3.05, 3.63) is 34.7 Å². The highest BCUT2D eigenvalue weighted by Crippen LogP contribution is 2.12. The van der Waals surface area contributed by atoms with Crippen molar-refractivity contribution in [3.63, 3.8) is 0 Å². The number of hydrogen-bond acceptors (Lipinski definition) is 3. The maximum absolute atomic E-state index is 12.2. The lowest BCUT2D eigenvalue weighted by Crippen LogP contribution is -2.32. The summed E-state index contributed by atoms with van der Waals surface area (Å²) in [6.45, 7) is 2.41. The van der Waals surface area contributed by atoms with Crippen LogP contribution in [0.5, 0.6) is 0 Å². The summed E-state index contributed by atoms with van der Waals surface area (Å²) in [5, 5.41) is 0. The molecule has 6 nitrogen and oxygen atoms in total. The van der Waals surface area contributed by atoms with Gasteiger partial charge in [-0.25, -0.2) is 10.3 Å². The minimum absolute atomic E-state index is 0.0554. The second-order valence-corrected chi connectivity index (χ2v) is 3.83. The van der Waals surface area contributed by atoms with Crippen LogP contribution in [0.4, 0.5) is 0 Å². The Labute approximate surface area is 104 Å². The van der Waals surface area contributed by atoms with Crippen molar-refractivity contribution in [1.82, 2.24) is 14.6 Å². The highest BCUT2D eigenvalue weighted by Gasteiger charge is 2.13. The summed E-state index contributed by atoms with van der Waals surface area (Å²) >= 11 is 0. The molecule has 0 saturated heterocycles. The molecule has 0 unspecified atom stereocenters. The van der Waals surface area contributed by atoms with E-state index in [2.05, 4.69) is 10.3 Å². The molecule has 0 aliphatic heterocycles. The van der Waals surface area contributed by atoms with Gasteiger partial charge in [0.1, 0.15) is 6.54 Å². The molecule has 1 heterocycles.